The number of carboxylic acid groups (broad SMARTS) is 1. The van der Waals surface area contributed by atoms with Gasteiger partial charge in [-0.15, -0.1) is 0 Å². The predicted molar refractivity (Wildman–Crippen MR) is 66.4 cm³/mol. The Bertz CT molecular complexity index is 283. The fourth-order valence-corrected chi connectivity index (χ4v) is 1.62. The van der Waals surface area contributed by atoms with Crippen molar-refractivity contribution in [1.29, 1.82) is 0 Å². The van der Waals surface area contributed by atoms with Gasteiger partial charge in [-0.1, -0.05) is 6.92 Å². The van der Waals surface area contributed by atoms with Gasteiger partial charge in [-0.25, -0.2) is 4.79 Å². The summed E-state index contributed by atoms with van der Waals surface area (Å²) < 4.78 is 10.7. The largest absolute Gasteiger partial charge is 0.481 e. The summed E-state index contributed by atoms with van der Waals surface area (Å²) >= 11 is 0. The quantitative estimate of drug-likeness (QED) is 0.544. The predicted octanol–water partition coefficient (Wildman–Crippen LogP) is 0.165. The fourth-order valence-electron chi connectivity index (χ4n) is 1.07. The Labute approximate surface area is 104 Å². The van der Waals surface area contributed by atoms with E-state index in [1.807, 2.05) is 0 Å². The molecule has 2 amide bonds. The zero-order valence-electron chi connectivity index (χ0n) is 10.2. The standard InChI is InChI=1S/C10H20N2O4S/c1-8(9(13)14)4-6-12-10(15)11-5-3-7-17(2)16/h8H,3-7H2,1-2H3,(H,13,14)(H2,11,12,15). The Morgan fingerprint density at radius 3 is 2.41 bits per heavy atom. The van der Waals surface area contributed by atoms with E-state index in [4.69, 9.17) is 5.11 Å². The normalized spacial score (nSPS) is 13.8. The molecule has 17 heavy (non-hydrogen) atoms. The molecular formula is C10H20N2O4S. The molecule has 0 bridgehead atoms. The molecule has 0 aromatic rings. The average molecular weight is 264 g/mol. The number of hydrogen-bond acceptors (Lipinski definition) is 3. The van der Waals surface area contributed by atoms with Gasteiger partial charge in [0.05, 0.1) is 5.92 Å². The second-order valence-electron chi connectivity index (χ2n) is 3.84. The minimum absolute atomic E-state index is 0.315. The molecule has 0 saturated heterocycles. The summed E-state index contributed by atoms with van der Waals surface area (Å²) in [5.74, 6) is -0.758. The summed E-state index contributed by atoms with van der Waals surface area (Å²) in [6.45, 7) is 2.40. The van der Waals surface area contributed by atoms with Crippen molar-refractivity contribution >= 4 is 22.8 Å². The second kappa shape index (κ2) is 8.98. The van der Waals surface area contributed by atoms with E-state index >= 15 is 0 Å². The summed E-state index contributed by atoms with van der Waals surface area (Å²) in [6, 6.07) is -0.315. The Hall–Kier alpha value is -1.11. The molecule has 6 nitrogen and oxygen atoms in total. The number of urea groups is 1. The SMILES string of the molecule is CC(CCNC(=O)NCCCS(C)=O)C(=O)O. The minimum atomic E-state index is -0.863. The van der Waals surface area contributed by atoms with Crippen molar-refractivity contribution in [2.45, 2.75) is 19.8 Å². The Balaban J connectivity index is 3.47. The summed E-state index contributed by atoms with van der Waals surface area (Å²) in [5.41, 5.74) is 0. The van der Waals surface area contributed by atoms with Crippen LogP contribution in [0.5, 0.6) is 0 Å². The molecule has 7 heteroatoms. The topological polar surface area (TPSA) is 95.5 Å². The molecule has 0 radical (unpaired) electrons. The summed E-state index contributed by atoms with van der Waals surface area (Å²) in [5, 5.41) is 13.8. The van der Waals surface area contributed by atoms with E-state index in [2.05, 4.69) is 10.6 Å². The van der Waals surface area contributed by atoms with Crippen molar-refractivity contribution in [3.8, 4) is 0 Å². The lowest BCUT2D eigenvalue weighted by atomic mass is 10.1. The van der Waals surface area contributed by atoms with Crippen LogP contribution in [0.4, 0.5) is 4.79 Å². The second-order valence-corrected chi connectivity index (χ2v) is 5.40. The lowest BCUT2D eigenvalue weighted by Gasteiger charge is -2.09. The van der Waals surface area contributed by atoms with Gasteiger partial charge in [0, 0.05) is 35.9 Å². The van der Waals surface area contributed by atoms with E-state index in [0.717, 1.165) is 0 Å². The van der Waals surface area contributed by atoms with Crippen LogP contribution in [-0.4, -0.2) is 46.4 Å². The van der Waals surface area contributed by atoms with Gasteiger partial charge >= 0.3 is 12.0 Å². The summed E-state index contributed by atoms with van der Waals surface area (Å²) in [7, 11) is -0.834. The molecule has 100 valence electrons. The van der Waals surface area contributed by atoms with Gasteiger partial charge < -0.3 is 15.7 Å². The number of hydrogen-bond donors (Lipinski definition) is 3. The molecule has 0 aromatic carbocycles. The van der Waals surface area contributed by atoms with Crippen LogP contribution < -0.4 is 10.6 Å². The van der Waals surface area contributed by atoms with Crippen LogP contribution in [0.15, 0.2) is 0 Å². The number of carbonyl (C=O) groups excluding carboxylic acids is 1. The van der Waals surface area contributed by atoms with Crippen LogP contribution >= 0.6 is 0 Å². The zero-order chi connectivity index (χ0) is 13.3. The minimum Gasteiger partial charge on any atom is -0.481 e. The Kier molecular flexibility index (Phi) is 8.39. The smallest absolute Gasteiger partial charge is 0.314 e. The molecule has 3 N–H and O–H groups in total. The van der Waals surface area contributed by atoms with Gasteiger partial charge in [-0.05, 0) is 12.8 Å². The summed E-state index contributed by atoms with van der Waals surface area (Å²) in [6.07, 6.45) is 2.69. The maximum absolute atomic E-state index is 11.2. The van der Waals surface area contributed by atoms with Crippen molar-refractivity contribution in [3.05, 3.63) is 0 Å². The van der Waals surface area contributed by atoms with Crippen LogP contribution in [0.3, 0.4) is 0 Å². The molecule has 0 aliphatic carbocycles. The van der Waals surface area contributed by atoms with Gasteiger partial charge in [0.25, 0.3) is 0 Å². The van der Waals surface area contributed by atoms with E-state index < -0.39 is 22.7 Å². The van der Waals surface area contributed by atoms with Crippen LogP contribution in [0.2, 0.25) is 0 Å². The van der Waals surface area contributed by atoms with Crippen LogP contribution in [0, 0.1) is 5.92 Å². The van der Waals surface area contributed by atoms with Crippen molar-refractivity contribution in [3.63, 3.8) is 0 Å². The number of nitrogens with one attached hydrogen (secondary N) is 2. The van der Waals surface area contributed by atoms with Gasteiger partial charge in [-0.2, -0.15) is 0 Å². The highest BCUT2D eigenvalue weighted by Gasteiger charge is 2.10. The Morgan fingerprint density at radius 2 is 1.88 bits per heavy atom. The van der Waals surface area contributed by atoms with E-state index in [-0.39, 0.29) is 6.03 Å². The first-order chi connectivity index (χ1) is 7.93. The highest BCUT2D eigenvalue weighted by Crippen LogP contribution is 1.99. The van der Waals surface area contributed by atoms with Crippen molar-refractivity contribution in [2.75, 3.05) is 25.1 Å². The first-order valence-corrected chi connectivity index (χ1v) is 7.20. The molecule has 2 atom stereocenters. The third-order valence-corrected chi connectivity index (χ3v) is 3.04. The van der Waals surface area contributed by atoms with Gasteiger partial charge in [0.15, 0.2) is 0 Å². The lowest BCUT2D eigenvalue weighted by molar-refractivity contribution is -0.141. The number of carboxylic acids is 1. The number of amides is 2. The lowest BCUT2D eigenvalue weighted by Crippen LogP contribution is -2.37. The molecule has 2 unspecified atom stereocenters. The highest BCUT2D eigenvalue weighted by molar-refractivity contribution is 7.84. The molecule has 0 spiro atoms. The van der Waals surface area contributed by atoms with Gasteiger partial charge in [0.2, 0.25) is 0 Å². The number of aliphatic carboxylic acids is 1. The fraction of sp³-hybridized carbons (Fsp3) is 0.800. The zero-order valence-corrected chi connectivity index (χ0v) is 11.0. The third kappa shape index (κ3) is 9.80. The van der Waals surface area contributed by atoms with Crippen molar-refractivity contribution in [2.24, 2.45) is 5.92 Å². The highest BCUT2D eigenvalue weighted by atomic mass is 32.2. The molecule has 0 saturated carbocycles. The van der Waals surface area contributed by atoms with E-state index in [0.29, 0.717) is 31.7 Å². The monoisotopic (exact) mass is 264 g/mol. The maximum atomic E-state index is 11.2. The molecule has 0 aromatic heterocycles. The van der Waals surface area contributed by atoms with E-state index in [1.165, 1.54) is 0 Å². The molecule has 0 fully saturated rings. The van der Waals surface area contributed by atoms with Gasteiger partial charge in [0.1, 0.15) is 0 Å². The first-order valence-electron chi connectivity index (χ1n) is 5.48. The number of rotatable bonds is 8. The van der Waals surface area contributed by atoms with E-state index in [1.54, 1.807) is 13.2 Å². The molecule has 0 aliphatic rings. The molecular weight excluding hydrogens is 244 g/mol. The molecule has 0 aliphatic heterocycles. The first kappa shape index (κ1) is 15.9. The van der Waals surface area contributed by atoms with E-state index in [9.17, 15) is 13.8 Å². The van der Waals surface area contributed by atoms with Crippen LogP contribution in [0.25, 0.3) is 0 Å². The van der Waals surface area contributed by atoms with Crippen molar-refractivity contribution < 1.29 is 18.9 Å². The number of carbonyl (C=O) groups is 2. The summed E-state index contributed by atoms with van der Waals surface area (Å²) in [4.78, 5) is 21.7. The van der Waals surface area contributed by atoms with Crippen LogP contribution in [0.1, 0.15) is 19.8 Å². The molecule has 0 rings (SSSR count). The van der Waals surface area contributed by atoms with Gasteiger partial charge in [-0.3, -0.25) is 9.00 Å². The Morgan fingerprint density at radius 1 is 1.29 bits per heavy atom. The average Bonchev–Trinajstić information content (AvgIpc) is 2.23. The van der Waals surface area contributed by atoms with Crippen LogP contribution in [-0.2, 0) is 15.6 Å². The maximum Gasteiger partial charge on any atom is 0.314 e. The molecule has 0 heterocycles. The van der Waals surface area contributed by atoms with Crippen molar-refractivity contribution in [1.82, 2.24) is 10.6 Å². The third-order valence-electron chi connectivity index (χ3n) is 2.18.